The minimum atomic E-state index is 0.135. The number of carbonyl (C=O) groups is 1. The van der Waals surface area contributed by atoms with Gasteiger partial charge in [-0.2, -0.15) is 0 Å². The van der Waals surface area contributed by atoms with Crippen LogP contribution in [0.3, 0.4) is 0 Å². The van der Waals surface area contributed by atoms with Gasteiger partial charge >= 0.3 is 0 Å². The molecule has 1 aliphatic rings. The summed E-state index contributed by atoms with van der Waals surface area (Å²) >= 11 is 0. The maximum atomic E-state index is 11.5. The lowest BCUT2D eigenvalue weighted by atomic mass is 10.1. The molecule has 1 aliphatic heterocycles. The molecule has 0 aliphatic carbocycles. The smallest absolute Gasteiger partial charge is 0.225 e. The topological polar surface area (TPSA) is 32.3 Å². The number of hydrogen-bond acceptors (Lipinski definition) is 2. The van der Waals surface area contributed by atoms with Crippen molar-refractivity contribution in [3.05, 3.63) is 0 Å². The Kier molecular flexibility index (Phi) is 3.09. The lowest BCUT2D eigenvalue weighted by Crippen LogP contribution is -2.52. The highest BCUT2D eigenvalue weighted by atomic mass is 16.2. The number of rotatable bonds is 1. The summed E-state index contributed by atoms with van der Waals surface area (Å²) in [5, 5.41) is 3.31. The van der Waals surface area contributed by atoms with Crippen molar-refractivity contribution in [2.75, 3.05) is 19.6 Å². The second-order valence-corrected chi connectivity index (χ2v) is 3.79. The maximum absolute atomic E-state index is 11.5. The molecule has 0 bridgehead atoms. The van der Waals surface area contributed by atoms with Gasteiger partial charge in [0.1, 0.15) is 0 Å². The summed E-state index contributed by atoms with van der Waals surface area (Å²) in [6.45, 7) is 8.67. The molecule has 0 aromatic carbocycles. The van der Waals surface area contributed by atoms with E-state index in [1.54, 1.807) is 0 Å². The van der Waals surface area contributed by atoms with Gasteiger partial charge in [0.15, 0.2) is 0 Å². The summed E-state index contributed by atoms with van der Waals surface area (Å²) in [5.41, 5.74) is 0. The van der Waals surface area contributed by atoms with Crippen molar-refractivity contribution in [3.8, 4) is 0 Å². The van der Waals surface area contributed by atoms with Gasteiger partial charge in [0.25, 0.3) is 0 Å². The Morgan fingerprint density at radius 1 is 1.58 bits per heavy atom. The Morgan fingerprint density at radius 3 is 2.75 bits per heavy atom. The SMILES string of the molecule is CC(C)C(=O)N1CCN[C@@H](C)C1. The first-order valence-corrected chi connectivity index (χ1v) is 4.63. The van der Waals surface area contributed by atoms with Gasteiger partial charge < -0.3 is 10.2 Å². The molecule has 1 N–H and O–H groups in total. The van der Waals surface area contributed by atoms with Crippen LogP contribution in [0, 0.1) is 5.92 Å². The second-order valence-electron chi connectivity index (χ2n) is 3.79. The third-order valence-corrected chi connectivity index (χ3v) is 2.17. The van der Waals surface area contributed by atoms with Gasteiger partial charge in [0, 0.05) is 31.6 Å². The zero-order valence-corrected chi connectivity index (χ0v) is 8.13. The van der Waals surface area contributed by atoms with Gasteiger partial charge in [-0.05, 0) is 6.92 Å². The molecule has 0 radical (unpaired) electrons. The predicted molar refractivity (Wildman–Crippen MR) is 48.9 cm³/mol. The lowest BCUT2D eigenvalue weighted by molar-refractivity contribution is -0.135. The standard InChI is InChI=1S/C9H18N2O/c1-7(2)9(12)11-5-4-10-8(3)6-11/h7-8,10H,4-6H2,1-3H3/t8-/m0/s1. The van der Waals surface area contributed by atoms with Crippen molar-refractivity contribution in [3.63, 3.8) is 0 Å². The lowest BCUT2D eigenvalue weighted by Gasteiger charge is -2.33. The summed E-state index contributed by atoms with van der Waals surface area (Å²) in [4.78, 5) is 13.5. The molecule has 1 saturated heterocycles. The summed E-state index contributed by atoms with van der Waals surface area (Å²) < 4.78 is 0. The molecule has 70 valence electrons. The van der Waals surface area contributed by atoms with Crippen LogP contribution in [0.25, 0.3) is 0 Å². The quantitative estimate of drug-likeness (QED) is 0.620. The Morgan fingerprint density at radius 2 is 2.25 bits per heavy atom. The van der Waals surface area contributed by atoms with Gasteiger partial charge in [0.2, 0.25) is 5.91 Å². The number of nitrogens with zero attached hydrogens (tertiary/aromatic N) is 1. The number of carbonyl (C=O) groups excluding carboxylic acids is 1. The molecule has 0 saturated carbocycles. The first kappa shape index (κ1) is 9.52. The van der Waals surface area contributed by atoms with Crippen LogP contribution in [0.1, 0.15) is 20.8 Å². The number of nitrogens with one attached hydrogen (secondary N) is 1. The molecule has 1 heterocycles. The van der Waals surface area contributed by atoms with E-state index in [9.17, 15) is 4.79 Å². The highest BCUT2D eigenvalue weighted by molar-refractivity contribution is 5.78. The number of hydrogen-bond donors (Lipinski definition) is 1. The molecule has 1 atom stereocenters. The third kappa shape index (κ3) is 2.21. The average molecular weight is 170 g/mol. The zero-order valence-electron chi connectivity index (χ0n) is 8.13. The van der Waals surface area contributed by atoms with E-state index in [0.29, 0.717) is 6.04 Å². The highest BCUT2D eigenvalue weighted by Gasteiger charge is 2.21. The van der Waals surface area contributed by atoms with Crippen molar-refractivity contribution in [2.45, 2.75) is 26.8 Å². The molecular weight excluding hydrogens is 152 g/mol. The second kappa shape index (κ2) is 3.90. The van der Waals surface area contributed by atoms with Crippen LogP contribution in [0.2, 0.25) is 0 Å². The maximum Gasteiger partial charge on any atom is 0.225 e. The first-order chi connectivity index (χ1) is 5.61. The largest absolute Gasteiger partial charge is 0.340 e. The van der Waals surface area contributed by atoms with E-state index < -0.39 is 0 Å². The fourth-order valence-corrected chi connectivity index (χ4v) is 1.50. The zero-order chi connectivity index (χ0) is 9.14. The van der Waals surface area contributed by atoms with Crippen LogP contribution in [0.5, 0.6) is 0 Å². The van der Waals surface area contributed by atoms with E-state index >= 15 is 0 Å². The van der Waals surface area contributed by atoms with E-state index in [4.69, 9.17) is 0 Å². The minimum Gasteiger partial charge on any atom is -0.340 e. The molecule has 1 rings (SSSR count). The fraction of sp³-hybridized carbons (Fsp3) is 0.889. The predicted octanol–water partition coefficient (Wildman–Crippen LogP) is 0.463. The van der Waals surface area contributed by atoms with Crippen molar-refractivity contribution in [2.24, 2.45) is 5.92 Å². The van der Waals surface area contributed by atoms with Crippen LogP contribution in [0.15, 0.2) is 0 Å². The summed E-state index contributed by atoms with van der Waals surface area (Å²) in [6, 6.07) is 0.446. The summed E-state index contributed by atoms with van der Waals surface area (Å²) in [6.07, 6.45) is 0. The van der Waals surface area contributed by atoms with Gasteiger partial charge in [-0.1, -0.05) is 13.8 Å². The van der Waals surface area contributed by atoms with Crippen LogP contribution >= 0.6 is 0 Å². The minimum absolute atomic E-state index is 0.135. The van der Waals surface area contributed by atoms with Crippen molar-refractivity contribution < 1.29 is 4.79 Å². The molecule has 0 spiro atoms. The summed E-state index contributed by atoms with van der Waals surface area (Å²) in [5.74, 6) is 0.415. The van der Waals surface area contributed by atoms with Gasteiger partial charge in [-0.15, -0.1) is 0 Å². The van der Waals surface area contributed by atoms with E-state index in [1.165, 1.54) is 0 Å². The fourth-order valence-electron chi connectivity index (χ4n) is 1.50. The van der Waals surface area contributed by atoms with Crippen molar-refractivity contribution >= 4 is 5.91 Å². The molecule has 0 unspecified atom stereocenters. The molecule has 0 aromatic rings. The Bertz CT molecular complexity index is 168. The van der Waals surface area contributed by atoms with Crippen LogP contribution in [-0.4, -0.2) is 36.5 Å². The molecule has 3 nitrogen and oxygen atoms in total. The van der Waals surface area contributed by atoms with Gasteiger partial charge in [-0.3, -0.25) is 4.79 Å². The van der Waals surface area contributed by atoms with Crippen LogP contribution < -0.4 is 5.32 Å². The summed E-state index contributed by atoms with van der Waals surface area (Å²) in [7, 11) is 0. The van der Waals surface area contributed by atoms with E-state index in [1.807, 2.05) is 18.7 Å². The van der Waals surface area contributed by atoms with Gasteiger partial charge in [0.05, 0.1) is 0 Å². The third-order valence-electron chi connectivity index (χ3n) is 2.17. The Labute approximate surface area is 74.1 Å². The highest BCUT2D eigenvalue weighted by Crippen LogP contribution is 2.04. The molecular formula is C9H18N2O. The first-order valence-electron chi connectivity index (χ1n) is 4.63. The molecule has 0 aromatic heterocycles. The Hall–Kier alpha value is -0.570. The van der Waals surface area contributed by atoms with Gasteiger partial charge in [-0.25, -0.2) is 0 Å². The number of amides is 1. The average Bonchev–Trinajstić information content (AvgIpc) is 2.03. The van der Waals surface area contributed by atoms with E-state index in [0.717, 1.165) is 19.6 Å². The molecule has 3 heteroatoms. The van der Waals surface area contributed by atoms with Crippen molar-refractivity contribution in [1.82, 2.24) is 10.2 Å². The molecule has 1 fully saturated rings. The van der Waals surface area contributed by atoms with Crippen LogP contribution in [-0.2, 0) is 4.79 Å². The molecule has 12 heavy (non-hydrogen) atoms. The van der Waals surface area contributed by atoms with Crippen LogP contribution in [0.4, 0.5) is 0 Å². The van der Waals surface area contributed by atoms with E-state index in [2.05, 4.69) is 12.2 Å². The normalized spacial score (nSPS) is 24.7. The Balaban J connectivity index is 2.46. The molecule has 1 amide bonds. The van der Waals surface area contributed by atoms with Crippen molar-refractivity contribution in [1.29, 1.82) is 0 Å². The van der Waals surface area contributed by atoms with E-state index in [-0.39, 0.29) is 11.8 Å². The number of piperazine rings is 1. The monoisotopic (exact) mass is 170 g/mol.